The third-order valence-electron chi connectivity index (χ3n) is 4.69. The largest absolute Gasteiger partial charge is 0.490 e. The fourth-order valence-electron chi connectivity index (χ4n) is 3.33. The van der Waals surface area contributed by atoms with Gasteiger partial charge >= 0.3 is 0 Å². The van der Waals surface area contributed by atoms with E-state index < -0.39 is 11.5 Å². The fourth-order valence-corrected chi connectivity index (χ4v) is 4.23. The Balaban J connectivity index is 1.44. The van der Waals surface area contributed by atoms with Crippen molar-refractivity contribution in [3.63, 3.8) is 0 Å². The van der Waals surface area contributed by atoms with Crippen LogP contribution in [-0.2, 0) is 11.3 Å². The van der Waals surface area contributed by atoms with E-state index in [4.69, 9.17) is 13.9 Å². The summed E-state index contributed by atoms with van der Waals surface area (Å²) >= 11 is 1.36. The predicted octanol–water partition coefficient (Wildman–Crippen LogP) is 3.22. The number of fused-ring (bicyclic) bond motifs is 2. The monoisotopic (exact) mass is 438 g/mol. The minimum absolute atomic E-state index is 0.270. The van der Waals surface area contributed by atoms with E-state index in [0.29, 0.717) is 46.6 Å². The Labute approximate surface area is 180 Å². The molecule has 1 amide bonds. The molecule has 0 radical (unpaired) electrons. The van der Waals surface area contributed by atoms with Crippen LogP contribution in [0, 0.1) is 6.92 Å². The van der Waals surface area contributed by atoms with Crippen LogP contribution >= 0.6 is 11.3 Å². The zero-order chi connectivity index (χ0) is 21.4. The number of furan rings is 1. The number of nitrogens with zero attached hydrogens (tertiary/aromatic N) is 3. The number of benzene rings is 1. The smallest absolute Gasteiger partial charge is 0.294 e. The van der Waals surface area contributed by atoms with E-state index in [0.717, 1.165) is 16.1 Å². The number of aryl methyl sites for hydroxylation is 1. The molecule has 10 heteroatoms. The SMILES string of the molecule is Cc1nc2c(=O)n(CC(=O)Nc3ccc4c(c3)OCCCO4)nc(-c3ccco3)c2s1. The Morgan fingerprint density at radius 2 is 2.06 bits per heavy atom. The number of nitrogens with one attached hydrogen (secondary N) is 1. The van der Waals surface area contributed by atoms with E-state index in [-0.39, 0.29) is 12.1 Å². The average Bonchev–Trinajstić information content (AvgIpc) is 3.35. The van der Waals surface area contributed by atoms with Gasteiger partial charge in [0.25, 0.3) is 5.56 Å². The van der Waals surface area contributed by atoms with E-state index in [2.05, 4.69) is 15.4 Å². The molecule has 1 aliphatic heterocycles. The van der Waals surface area contributed by atoms with Crippen molar-refractivity contribution in [2.45, 2.75) is 19.9 Å². The van der Waals surface area contributed by atoms with Gasteiger partial charge in [-0.3, -0.25) is 9.59 Å². The van der Waals surface area contributed by atoms with Crippen LogP contribution in [0.4, 0.5) is 5.69 Å². The molecule has 4 aromatic rings. The molecule has 0 bridgehead atoms. The molecule has 9 nitrogen and oxygen atoms in total. The number of hydrogen-bond acceptors (Lipinski definition) is 8. The van der Waals surface area contributed by atoms with Crippen LogP contribution < -0.4 is 20.3 Å². The van der Waals surface area contributed by atoms with Gasteiger partial charge in [-0.15, -0.1) is 11.3 Å². The summed E-state index contributed by atoms with van der Waals surface area (Å²) in [6.45, 7) is 2.68. The van der Waals surface area contributed by atoms with E-state index in [9.17, 15) is 9.59 Å². The minimum atomic E-state index is -0.427. The summed E-state index contributed by atoms with van der Waals surface area (Å²) in [6.07, 6.45) is 2.32. The first-order chi connectivity index (χ1) is 15.1. The summed E-state index contributed by atoms with van der Waals surface area (Å²) in [6, 6.07) is 8.67. The maximum atomic E-state index is 12.9. The van der Waals surface area contributed by atoms with Gasteiger partial charge in [0.2, 0.25) is 5.91 Å². The molecule has 0 saturated heterocycles. The van der Waals surface area contributed by atoms with E-state index >= 15 is 0 Å². The molecule has 3 aromatic heterocycles. The van der Waals surface area contributed by atoms with Gasteiger partial charge in [-0.25, -0.2) is 9.67 Å². The number of amides is 1. The van der Waals surface area contributed by atoms with Gasteiger partial charge in [-0.05, 0) is 31.2 Å². The second kappa shape index (κ2) is 7.88. The summed E-state index contributed by atoms with van der Waals surface area (Å²) in [4.78, 5) is 29.9. The quantitative estimate of drug-likeness (QED) is 0.521. The van der Waals surface area contributed by atoms with Gasteiger partial charge in [0.05, 0.1) is 29.2 Å². The van der Waals surface area contributed by atoms with Gasteiger partial charge in [-0.2, -0.15) is 5.10 Å². The number of carbonyl (C=O) groups is 1. The molecule has 1 N–H and O–H groups in total. The highest BCUT2D eigenvalue weighted by Crippen LogP contribution is 2.32. The highest BCUT2D eigenvalue weighted by Gasteiger charge is 2.19. The molecule has 0 aliphatic carbocycles. The summed E-state index contributed by atoms with van der Waals surface area (Å²) in [5.41, 5.74) is 0.864. The van der Waals surface area contributed by atoms with Crippen molar-refractivity contribution >= 4 is 33.1 Å². The van der Waals surface area contributed by atoms with Crippen LogP contribution in [0.2, 0.25) is 0 Å². The van der Waals surface area contributed by atoms with E-state index in [1.54, 1.807) is 30.3 Å². The molecular weight excluding hydrogens is 420 g/mol. The summed E-state index contributed by atoms with van der Waals surface area (Å²) < 4.78 is 18.5. The van der Waals surface area contributed by atoms with Crippen LogP contribution in [0.15, 0.2) is 45.8 Å². The first-order valence-electron chi connectivity index (χ1n) is 9.70. The molecule has 0 saturated carbocycles. The summed E-state index contributed by atoms with van der Waals surface area (Å²) in [5, 5.41) is 7.91. The zero-order valence-corrected chi connectivity index (χ0v) is 17.4. The third-order valence-corrected chi connectivity index (χ3v) is 5.66. The van der Waals surface area contributed by atoms with E-state index in [1.807, 2.05) is 6.92 Å². The van der Waals surface area contributed by atoms with Gasteiger partial charge in [0, 0.05) is 18.2 Å². The Morgan fingerprint density at radius 3 is 2.87 bits per heavy atom. The topological polar surface area (TPSA) is 108 Å². The van der Waals surface area contributed by atoms with Crippen LogP contribution in [0.3, 0.4) is 0 Å². The molecule has 0 fully saturated rings. The lowest BCUT2D eigenvalue weighted by Crippen LogP contribution is -2.30. The maximum Gasteiger partial charge on any atom is 0.294 e. The number of rotatable bonds is 4. The third kappa shape index (κ3) is 3.77. The average molecular weight is 438 g/mol. The van der Waals surface area contributed by atoms with Gasteiger partial charge in [-0.1, -0.05) is 0 Å². The Hall–Kier alpha value is -3.66. The van der Waals surface area contributed by atoms with Crippen LogP contribution in [-0.4, -0.2) is 33.9 Å². The lowest BCUT2D eigenvalue weighted by molar-refractivity contribution is -0.117. The second-order valence-corrected chi connectivity index (χ2v) is 8.16. The van der Waals surface area contributed by atoms with Crippen molar-refractivity contribution in [3.8, 4) is 23.0 Å². The van der Waals surface area contributed by atoms with Gasteiger partial charge < -0.3 is 19.2 Å². The van der Waals surface area contributed by atoms with Crippen molar-refractivity contribution < 1.29 is 18.7 Å². The highest BCUT2D eigenvalue weighted by atomic mass is 32.1. The van der Waals surface area contributed by atoms with Crippen LogP contribution in [0.1, 0.15) is 11.4 Å². The van der Waals surface area contributed by atoms with Crippen molar-refractivity contribution in [2.75, 3.05) is 18.5 Å². The standard InChI is InChI=1S/C21H18N4O5S/c1-12-22-19-20(31-12)18(15-4-2-7-29-15)24-25(21(19)27)11-17(26)23-13-5-6-14-16(10-13)30-9-3-8-28-14/h2,4-7,10H,3,8-9,11H2,1H3,(H,23,26). The molecule has 0 atom stereocenters. The fraction of sp³-hybridized carbons (Fsp3) is 0.238. The highest BCUT2D eigenvalue weighted by molar-refractivity contribution is 7.19. The normalized spacial score (nSPS) is 13.2. The van der Waals surface area contributed by atoms with Gasteiger partial charge in [0.1, 0.15) is 12.2 Å². The van der Waals surface area contributed by atoms with Crippen LogP contribution in [0.25, 0.3) is 21.7 Å². The molecule has 5 rings (SSSR count). The van der Waals surface area contributed by atoms with Crippen molar-refractivity contribution in [1.82, 2.24) is 14.8 Å². The first-order valence-corrected chi connectivity index (χ1v) is 10.5. The predicted molar refractivity (Wildman–Crippen MR) is 115 cm³/mol. The Bertz CT molecular complexity index is 1330. The number of anilines is 1. The van der Waals surface area contributed by atoms with Crippen molar-refractivity contribution in [3.05, 3.63) is 52.0 Å². The molecule has 0 unspecified atom stereocenters. The zero-order valence-electron chi connectivity index (χ0n) is 16.6. The summed E-state index contributed by atoms with van der Waals surface area (Å²) in [5.74, 6) is 1.32. The number of hydrogen-bond donors (Lipinski definition) is 1. The van der Waals surface area contributed by atoms with Crippen molar-refractivity contribution in [2.24, 2.45) is 0 Å². The second-order valence-electron chi connectivity index (χ2n) is 6.96. The lowest BCUT2D eigenvalue weighted by Gasteiger charge is -2.11. The first kappa shape index (κ1) is 19.3. The number of ether oxygens (including phenoxy) is 2. The summed E-state index contributed by atoms with van der Waals surface area (Å²) in [7, 11) is 0. The molecule has 158 valence electrons. The van der Waals surface area contributed by atoms with Crippen molar-refractivity contribution in [1.29, 1.82) is 0 Å². The van der Waals surface area contributed by atoms with Crippen LogP contribution in [0.5, 0.6) is 11.5 Å². The molecule has 4 heterocycles. The van der Waals surface area contributed by atoms with Gasteiger partial charge in [0.15, 0.2) is 22.8 Å². The number of aromatic nitrogens is 3. The Morgan fingerprint density at radius 1 is 1.23 bits per heavy atom. The molecule has 0 spiro atoms. The van der Waals surface area contributed by atoms with E-state index in [1.165, 1.54) is 17.6 Å². The lowest BCUT2D eigenvalue weighted by atomic mass is 10.2. The minimum Gasteiger partial charge on any atom is -0.490 e. The molecule has 31 heavy (non-hydrogen) atoms. The molecule has 1 aliphatic rings. The number of thiazole rings is 1. The number of carbonyl (C=O) groups excluding carboxylic acids is 1. The Kier molecular flexibility index (Phi) is 4.91. The molecular formula is C21H18N4O5S. The maximum absolute atomic E-state index is 12.9. The molecule has 1 aromatic carbocycles.